The van der Waals surface area contributed by atoms with E-state index in [1.165, 1.54) is 6.20 Å². The molecule has 0 spiro atoms. The number of pyridine rings is 1. The van der Waals surface area contributed by atoms with E-state index in [-0.39, 0.29) is 6.23 Å². The molecule has 0 amide bonds. The predicted molar refractivity (Wildman–Crippen MR) is 97.1 cm³/mol. The lowest BCUT2D eigenvalue weighted by Gasteiger charge is -2.23. The molecule has 4 aromatic rings. The van der Waals surface area contributed by atoms with Crippen molar-refractivity contribution in [2.24, 2.45) is 0 Å². The van der Waals surface area contributed by atoms with Crippen LogP contribution in [-0.4, -0.2) is 36.8 Å². The van der Waals surface area contributed by atoms with Gasteiger partial charge in [0.1, 0.15) is 11.4 Å². The Hall–Kier alpha value is -3.13. The van der Waals surface area contributed by atoms with Gasteiger partial charge < -0.3 is 4.74 Å². The van der Waals surface area contributed by atoms with Crippen molar-refractivity contribution >= 4 is 10.9 Å². The molecule has 1 aliphatic heterocycles. The van der Waals surface area contributed by atoms with Gasteiger partial charge in [0.25, 0.3) is 0 Å². The van der Waals surface area contributed by atoms with Crippen LogP contribution in [0.2, 0.25) is 0 Å². The second-order valence-corrected chi connectivity index (χ2v) is 6.54. The Bertz CT molecular complexity index is 1080. The highest BCUT2D eigenvalue weighted by atomic mass is 19.1. The van der Waals surface area contributed by atoms with Crippen LogP contribution < -0.4 is 0 Å². The number of hydrogen-bond donors (Lipinski definition) is 1. The van der Waals surface area contributed by atoms with Gasteiger partial charge in [0.05, 0.1) is 11.7 Å². The number of benzene rings is 1. The number of nitrogens with one attached hydrogen (secondary N) is 1. The van der Waals surface area contributed by atoms with Gasteiger partial charge in [-0.1, -0.05) is 6.07 Å². The van der Waals surface area contributed by atoms with E-state index in [0.29, 0.717) is 17.0 Å². The SMILES string of the molecule is Fc1ncccc1-c1ccc2c(c1)c(-c1cn[nH]n1)nn2C1CCCCO1. The molecule has 4 heterocycles. The third kappa shape index (κ3) is 2.78. The van der Waals surface area contributed by atoms with Gasteiger partial charge in [-0.05, 0) is 49.1 Å². The average Bonchev–Trinajstić information content (AvgIpc) is 3.36. The number of H-pyrrole nitrogens is 1. The molecule has 0 radical (unpaired) electrons. The second kappa shape index (κ2) is 6.55. The summed E-state index contributed by atoms with van der Waals surface area (Å²) in [5, 5.41) is 16.3. The smallest absolute Gasteiger partial charge is 0.220 e. The number of hydrogen-bond acceptors (Lipinski definition) is 5. The van der Waals surface area contributed by atoms with Gasteiger partial charge in [-0.25, -0.2) is 9.67 Å². The van der Waals surface area contributed by atoms with E-state index in [2.05, 4.69) is 20.4 Å². The molecule has 1 aromatic carbocycles. The maximum absolute atomic E-state index is 14.2. The second-order valence-electron chi connectivity index (χ2n) is 6.54. The highest BCUT2D eigenvalue weighted by Gasteiger charge is 2.23. The van der Waals surface area contributed by atoms with Gasteiger partial charge >= 0.3 is 0 Å². The first kappa shape index (κ1) is 16.1. The molecule has 1 aliphatic rings. The Balaban J connectivity index is 1.71. The van der Waals surface area contributed by atoms with Gasteiger partial charge in [-0.15, -0.1) is 0 Å². The van der Waals surface area contributed by atoms with Crippen molar-refractivity contribution in [1.82, 2.24) is 30.2 Å². The lowest BCUT2D eigenvalue weighted by Crippen LogP contribution is -2.19. The number of fused-ring (bicyclic) bond motifs is 1. The normalized spacial score (nSPS) is 17.4. The van der Waals surface area contributed by atoms with E-state index in [9.17, 15) is 4.39 Å². The summed E-state index contributed by atoms with van der Waals surface area (Å²) in [6, 6.07) is 9.20. The molecule has 0 aliphatic carbocycles. The third-order valence-corrected chi connectivity index (χ3v) is 4.86. The molecular weight excluding hydrogens is 347 g/mol. The molecule has 7 nitrogen and oxygen atoms in total. The first-order valence-corrected chi connectivity index (χ1v) is 8.92. The minimum atomic E-state index is -0.497. The number of aromatic amines is 1. The third-order valence-electron chi connectivity index (χ3n) is 4.86. The van der Waals surface area contributed by atoms with Crippen LogP contribution in [0.15, 0.2) is 42.7 Å². The Kier molecular flexibility index (Phi) is 3.90. The molecule has 136 valence electrons. The van der Waals surface area contributed by atoms with Crippen molar-refractivity contribution in [3.8, 4) is 22.5 Å². The summed E-state index contributed by atoms with van der Waals surface area (Å²) in [5.41, 5.74) is 3.44. The number of aromatic nitrogens is 6. The summed E-state index contributed by atoms with van der Waals surface area (Å²) in [4.78, 5) is 3.75. The number of halogens is 1. The molecule has 1 N–H and O–H groups in total. The minimum absolute atomic E-state index is 0.108. The summed E-state index contributed by atoms with van der Waals surface area (Å²) >= 11 is 0. The summed E-state index contributed by atoms with van der Waals surface area (Å²) < 4.78 is 22.0. The van der Waals surface area contributed by atoms with Crippen molar-refractivity contribution in [3.63, 3.8) is 0 Å². The molecule has 8 heteroatoms. The molecule has 1 atom stereocenters. The van der Waals surface area contributed by atoms with E-state index < -0.39 is 5.95 Å². The zero-order chi connectivity index (χ0) is 18.2. The molecule has 3 aromatic heterocycles. The summed E-state index contributed by atoms with van der Waals surface area (Å²) in [7, 11) is 0. The Morgan fingerprint density at radius 1 is 1.22 bits per heavy atom. The highest BCUT2D eigenvalue weighted by Crippen LogP contribution is 2.34. The molecule has 0 bridgehead atoms. The van der Waals surface area contributed by atoms with E-state index in [4.69, 9.17) is 9.84 Å². The molecular formula is C19H17FN6O. The quantitative estimate of drug-likeness (QED) is 0.560. The zero-order valence-corrected chi connectivity index (χ0v) is 14.5. The van der Waals surface area contributed by atoms with Gasteiger partial charge in [0.15, 0.2) is 6.23 Å². The van der Waals surface area contributed by atoms with Crippen molar-refractivity contribution in [2.75, 3.05) is 6.61 Å². The Morgan fingerprint density at radius 3 is 2.96 bits per heavy atom. The molecule has 1 saturated heterocycles. The molecule has 0 saturated carbocycles. The Morgan fingerprint density at radius 2 is 2.19 bits per heavy atom. The van der Waals surface area contributed by atoms with Gasteiger partial charge in [0, 0.05) is 23.8 Å². The van der Waals surface area contributed by atoms with Crippen molar-refractivity contribution in [3.05, 3.63) is 48.7 Å². The summed E-state index contributed by atoms with van der Waals surface area (Å²) in [6.45, 7) is 0.726. The van der Waals surface area contributed by atoms with Gasteiger partial charge in [-0.2, -0.15) is 24.9 Å². The van der Waals surface area contributed by atoms with Crippen molar-refractivity contribution < 1.29 is 9.13 Å². The van der Waals surface area contributed by atoms with Crippen molar-refractivity contribution in [2.45, 2.75) is 25.5 Å². The van der Waals surface area contributed by atoms with Crippen LogP contribution in [0.4, 0.5) is 4.39 Å². The van der Waals surface area contributed by atoms with Crippen LogP contribution >= 0.6 is 0 Å². The number of nitrogens with zero attached hydrogens (tertiary/aromatic N) is 5. The lowest BCUT2D eigenvalue weighted by atomic mass is 10.0. The average molecular weight is 364 g/mol. The standard InChI is InChI=1S/C19H17FN6O/c20-19-13(4-3-8-21-19)12-6-7-16-14(10-12)18(15-11-22-25-23-15)24-26(16)17-5-1-2-9-27-17/h3-4,6-8,10-11,17H,1-2,5,9H2,(H,22,23,25). The zero-order valence-electron chi connectivity index (χ0n) is 14.5. The minimum Gasteiger partial charge on any atom is -0.356 e. The fourth-order valence-electron chi connectivity index (χ4n) is 3.55. The predicted octanol–water partition coefficient (Wildman–Crippen LogP) is 3.72. The molecule has 1 unspecified atom stereocenters. The number of rotatable bonds is 3. The maximum Gasteiger partial charge on any atom is 0.220 e. The van der Waals surface area contributed by atoms with Gasteiger partial charge in [0.2, 0.25) is 5.95 Å². The fourth-order valence-corrected chi connectivity index (χ4v) is 3.55. The first-order valence-electron chi connectivity index (χ1n) is 8.92. The lowest BCUT2D eigenvalue weighted by molar-refractivity contribution is -0.0365. The number of ether oxygens (including phenoxy) is 1. The van der Waals surface area contributed by atoms with Crippen LogP contribution in [0.1, 0.15) is 25.5 Å². The van der Waals surface area contributed by atoms with Crippen LogP contribution in [-0.2, 0) is 4.74 Å². The topological polar surface area (TPSA) is 81.5 Å². The summed E-state index contributed by atoms with van der Waals surface area (Å²) in [6.07, 6.45) is 6.04. The van der Waals surface area contributed by atoms with Crippen LogP contribution in [0, 0.1) is 5.95 Å². The molecule has 27 heavy (non-hydrogen) atoms. The van der Waals surface area contributed by atoms with Crippen LogP contribution in [0.25, 0.3) is 33.4 Å². The van der Waals surface area contributed by atoms with Crippen LogP contribution in [0.5, 0.6) is 0 Å². The van der Waals surface area contributed by atoms with E-state index in [1.54, 1.807) is 18.3 Å². The largest absolute Gasteiger partial charge is 0.356 e. The van der Waals surface area contributed by atoms with Gasteiger partial charge in [-0.3, -0.25) is 0 Å². The summed E-state index contributed by atoms with van der Waals surface area (Å²) in [5.74, 6) is -0.497. The van der Waals surface area contributed by atoms with Crippen LogP contribution in [0.3, 0.4) is 0 Å². The van der Waals surface area contributed by atoms with E-state index in [0.717, 1.165) is 42.3 Å². The maximum atomic E-state index is 14.2. The first-order chi connectivity index (χ1) is 13.3. The fraction of sp³-hybridized carbons (Fsp3) is 0.263. The molecule has 5 rings (SSSR count). The van der Waals surface area contributed by atoms with E-state index >= 15 is 0 Å². The van der Waals surface area contributed by atoms with Crippen molar-refractivity contribution in [1.29, 1.82) is 0 Å². The monoisotopic (exact) mass is 364 g/mol. The molecule has 1 fully saturated rings. The Labute approximate surface area is 154 Å². The van der Waals surface area contributed by atoms with E-state index in [1.807, 2.05) is 22.9 Å². The highest BCUT2D eigenvalue weighted by molar-refractivity contribution is 5.95.